The first-order chi connectivity index (χ1) is 10.2. The van der Waals surface area contributed by atoms with E-state index in [1.54, 1.807) is 6.07 Å². The summed E-state index contributed by atoms with van der Waals surface area (Å²) in [6.45, 7) is 9.34. The molecule has 2 fully saturated rings. The molecule has 0 amide bonds. The van der Waals surface area contributed by atoms with Gasteiger partial charge in [0.15, 0.2) is 0 Å². The molecule has 0 aromatic heterocycles. The van der Waals surface area contributed by atoms with Gasteiger partial charge in [0, 0.05) is 42.9 Å². The van der Waals surface area contributed by atoms with E-state index in [4.69, 9.17) is 0 Å². The third-order valence-corrected chi connectivity index (χ3v) is 4.49. The molecule has 1 N–H and O–H groups in total. The van der Waals surface area contributed by atoms with Crippen molar-refractivity contribution >= 4 is 5.70 Å². The van der Waals surface area contributed by atoms with Crippen LogP contribution in [-0.4, -0.2) is 30.6 Å². The molecule has 0 unspecified atom stereocenters. The zero-order valence-electron chi connectivity index (χ0n) is 12.9. The summed E-state index contributed by atoms with van der Waals surface area (Å²) in [7, 11) is 0. The van der Waals surface area contributed by atoms with Gasteiger partial charge in [-0.1, -0.05) is 26.0 Å². The van der Waals surface area contributed by atoms with Gasteiger partial charge in [0.05, 0.1) is 0 Å². The maximum Gasteiger partial charge on any atom is 0.132 e. The molecular weight excluding hydrogens is 263 g/mol. The number of benzene rings is 1. The molecule has 3 heteroatoms. The molecule has 1 aromatic carbocycles. The first kappa shape index (κ1) is 14.6. The summed E-state index contributed by atoms with van der Waals surface area (Å²) < 4.78 is 14.0. The predicted octanol–water partition coefficient (Wildman–Crippen LogP) is 3.43. The standard InChI is InChI=1S/C18H25FN2/c1-3-4-14-5-8-18(19)17(9-14)13(2)21-11-15(12-21)10-20-16-6-7-16/h5,8-9,15-16,20H,2-4,6-7,10-12H2,1H3. The molecule has 3 rings (SSSR count). The topological polar surface area (TPSA) is 15.3 Å². The quantitative estimate of drug-likeness (QED) is 0.827. The second kappa shape index (κ2) is 6.18. The summed E-state index contributed by atoms with van der Waals surface area (Å²) in [5.41, 5.74) is 2.71. The van der Waals surface area contributed by atoms with E-state index in [9.17, 15) is 4.39 Å². The molecule has 0 bridgehead atoms. The first-order valence-electron chi connectivity index (χ1n) is 8.13. The molecule has 21 heavy (non-hydrogen) atoms. The molecule has 0 radical (unpaired) electrons. The van der Waals surface area contributed by atoms with Gasteiger partial charge in [0.2, 0.25) is 0 Å². The third kappa shape index (κ3) is 3.46. The fraction of sp³-hybridized carbons (Fsp3) is 0.556. The minimum Gasteiger partial charge on any atom is -0.371 e. The van der Waals surface area contributed by atoms with Crippen molar-refractivity contribution in [2.24, 2.45) is 5.92 Å². The fourth-order valence-electron chi connectivity index (χ4n) is 2.95. The molecule has 1 aliphatic carbocycles. The summed E-state index contributed by atoms with van der Waals surface area (Å²) in [6, 6.07) is 6.20. The van der Waals surface area contributed by atoms with E-state index in [1.807, 2.05) is 12.1 Å². The van der Waals surface area contributed by atoms with Crippen LogP contribution in [0.15, 0.2) is 24.8 Å². The first-order valence-corrected chi connectivity index (χ1v) is 8.13. The average Bonchev–Trinajstić information content (AvgIpc) is 3.23. The second-order valence-electron chi connectivity index (χ2n) is 6.46. The number of nitrogens with zero attached hydrogens (tertiary/aromatic N) is 1. The minimum absolute atomic E-state index is 0.153. The molecular formula is C18H25FN2. The Bertz CT molecular complexity index is 516. The summed E-state index contributed by atoms with van der Waals surface area (Å²) >= 11 is 0. The van der Waals surface area contributed by atoms with Crippen molar-refractivity contribution in [1.82, 2.24) is 10.2 Å². The van der Waals surface area contributed by atoms with E-state index in [2.05, 4.69) is 23.7 Å². The van der Waals surface area contributed by atoms with Crippen LogP contribution in [-0.2, 0) is 6.42 Å². The van der Waals surface area contributed by atoms with Crippen LogP contribution in [0.25, 0.3) is 5.70 Å². The van der Waals surface area contributed by atoms with Crippen LogP contribution in [0.5, 0.6) is 0 Å². The zero-order valence-corrected chi connectivity index (χ0v) is 12.9. The molecule has 0 spiro atoms. The lowest BCUT2D eigenvalue weighted by atomic mass is 9.96. The van der Waals surface area contributed by atoms with Crippen molar-refractivity contribution in [1.29, 1.82) is 0 Å². The highest BCUT2D eigenvalue weighted by Gasteiger charge is 2.30. The lowest BCUT2D eigenvalue weighted by Crippen LogP contribution is -2.49. The minimum atomic E-state index is -0.153. The van der Waals surface area contributed by atoms with Gasteiger partial charge in [-0.2, -0.15) is 0 Å². The number of halogens is 1. The van der Waals surface area contributed by atoms with Crippen molar-refractivity contribution < 1.29 is 4.39 Å². The predicted molar refractivity (Wildman–Crippen MR) is 85.5 cm³/mol. The summed E-state index contributed by atoms with van der Waals surface area (Å²) in [6.07, 6.45) is 4.74. The molecule has 1 saturated heterocycles. The number of nitrogens with one attached hydrogen (secondary N) is 1. The van der Waals surface area contributed by atoms with E-state index in [1.165, 1.54) is 18.4 Å². The van der Waals surface area contributed by atoms with Crippen LogP contribution in [0.1, 0.15) is 37.3 Å². The third-order valence-electron chi connectivity index (χ3n) is 4.49. The van der Waals surface area contributed by atoms with Crippen LogP contribution in [0.4, 0.5) is 4.39 Å². The highest BCUT2D eigenvalue weighted by molar-refractivity contribution is 5.63. The fourth-order valence-corrected chi connectivity index (χ4v) is 2.95. The SMILES string of the molecule is C=C(c1cc(CCC)ccc1F)N1CC(CNC2CC2)C1. The Kier molecular flexibility index (Phi) is 4.29. The molecule has 2 aliphatic rings. The van der Waals surface area contributed by atoms with E-state index < -0.39 is 0 Å². The monoisotopic (exact) mass is 288 g/mol. The Morgan fingerprint density at radius 1 is 1.38 bits per heavy atom. The van der Waals surface area contributed by atoms with Gasteiger partial charge >= 0.3 is 0 Å². The highest BCUT2D eigenvalue weighted by Crippen LogP contribution is 2.29. The normalized spacial score (nSPS) is 18.7. The lowest BCUT2D eigenvalue weighted by Gasteiger charge is -2.42. The molecule has 0 atom stereocenters. The van der Waals surface area contributed by atoms with E-state index in [0.29, 0.717) is 11.5 Å². The zero-order chi connectivity index (χ0) is 14.8. The maximum atomic E-state index is 14.0. The average molecular weight is 288 g/mol. The Morgan fingerprint density at radius 3 is 2.81 bits per heavy atom. The summed E-state index contributed by atoms with van der Waals surface area (Å²) in [5.74, 6) is 0.531. The van der Waals surface area contributed by atoms with Crippen molar-refractivity contribution in [3.8, 4) is 0 Å². The number of aryl methyl sites for hydroxylation is 1. The number of hydrogen-bond donors (Lipinski definition) is 1. The van der Waals surface area contributed by atoms with Gasteiger partial charge in [0.1, 0.15) is 5.82 Å². The Morgan fingerprint density at radius 2 is 2.14 bits per heavy atom. The molecule has 1 heterocycles. The van der Waals surface area contributed by atoms with Crippen molar-refractivity contribution in [2.45, 2.75) is 38.6 Å². The van der Waals surface area contributed by atoms with Gasteiger partial charge in [-0.25, -0.2) is 4.39 Å². The van der Waals surface area contributed by atoms with Crippen LogP contribution in [0.2, 0.25) is 0 Å². The molecule has 1 aromatic rings. The van der Waals surface area contributed by atoms with Crippen molar-refractivity contribution in [2.75, 3.05) is 19.6 Å². The number of hydrogen-bond acceptors (Lipinski definition) is 2. The van der Waals surface area contributed by atoms with Gasteiger partial charge in [-0.15, -0.1) is 0 Å². The van der Waals surface area contributed by atoms with Crippen LogP contribution in [0, 0.1) is 11.7 Å². The lowest BCUT2D eigenvalue weighted by molar-refractivity contribution is 0.171. The maximum absolute atomic E-state index is 14.0. The van der Waals surface area contributed by atoms with E-state index >= 15 is 0 Å². The molecule has 2 nitrogen and oxygen atoms in total. The van der Waals surface area contributed by atoms with Crippen LogP contribution < -0.4 is 5.32 Å². The summed E-state index contributed by atoms with van der Waals surface area (Å²) in [4.78, 5) is 2.20. The number of rotatable bonds is 7. The Balaban J connectivity index is 1.56. The molecule has 1 aliphatic heterocycles. The highest BCUT2D eigenvalue weighted by atomic mass is 19.1. The van der Waals surface area contributed by atoms with Gasteiger partial charge in [-0.3, -0.25) is 0 Å². The van der Waals surface area contributed by atoms with Gasteiger partial charge in [0.25, 0.3) is 0 Å². The van der Waals surface area contributed by atoms with Crippen LogP contribution in [0.3, 0.4) is 0 Å². The van der Waals surface area contributed by atoms with Gasteiger partial charge in [-0.05, 0) is 37.0 Å². The number of likely N-dealkylation sites (tertiary alicyclic amines) is 1. The Hall–Kier alpha value is -1.35. The van der Waals surface area contributed by atoms with Gasteiger partial charge < -0.3 is 10.2 Å². The Labute approximate surface area is 127 Å². The largest absolute Gasteiger partial charge is 0.371 e. The van der Waals surface area contributed by atoms with E-state index in [-0.39, 0.29) is 5.82 Å². The van der Waals surface area contributed by atoms with Crippen molar-refractivity contribution in [3.05, 3.63) is 41.7 Å². The van der Waals surface area contributed by atoms with Crippen molar-refractivity contribution in [3.63, 3.8) is 0 Å². The van der Waals surface area contributed by atoms with Crippen LogP contribution >= 0.6 is 0 Å². The molecule has 1 saturated carbocycles. The van der Waals surface area contributed by atoms with E-state index in [0.717, 1.165) is 44.2 Å². The smallest absolute Gasteiger partial charge is 0.132 e. The molecule has 114 valence electrons. The second-order valence-corrected chi connectivity index (χ2v) is 6.46. The summed E-state index contributed by atoms with van der Waals surface area (Å²) in [5, 5.41) is 3.56.